The zero-order valence-corrected chi connectivity index (χ0v) is 19.6. The highest BCUT2D eigenvalue weighted by atomic mass is 35.5. The van der Waals surface area contributed by atoms with Crippen LogP contribution in [-0.4, -0.2) is 54.4 Å². The fraction of sp³-hybridized carbons (Fsp3) is 0.320. The summed E-state index contributed by atoms with van der Waals surface area (Å²) in [5.41, 5.74) is 6.12. The number of aliphatic hydroxyl groups is 1. The number of hydrogen-bond acceptors (Lipinski definition) is 5. The first-order valence-electron chi connectivity index (χ1n) is 10.8. The quantitative estimate of drug-likeness (QED) is 0.474. The summed E-state index contributed by atoms with van der Waals surface area (Å²) in [6.07, 6.45) is 0.247. The predicted octanol–water partition coefficient (Wildman–Crippen LogP) is 4.07. The molecule has 0 spiro atoms. The molecular weight excluding hydrogens is 463 g/mol. The fourth-order valence-corrected chi connectivity index (χ4v) is 4.35. The van der Waals surface area contributed by atoms with E-state index in [2.05, 4.69) is 4.90 Å². The van der Waals surface area contributed by atoms with Gasteiger partial charge >= 0.3 is 0 Å². The third-order valence-electron chi connectivity index (χ3n) is 5.62. The second-order valence-corrected chi connectivity index (χ2v) is 9.09. The molecule has 1 saturated heterocycles. The maximum Gasteiger partial charge on any atom is 0.221 e. The molecule has 3 aromatic rings. The minimum atomic E-state index is -0.693. The first-order valence-corrected chi connectivity index (χ1v) is 11.6. The van der Waals surface area contributed by atoms with E-state index in [0.29, 0.717) is 40.2 Å². The summed E-state index contributed by atoms with van der Waals surface area (Å²) in [6, 6.07) is 16.9. The Kier molecular flexibility index (Phi) is 7.60. The van der Waals surface area contributed by atoms with Crippen LogP contribution < -0.4 is 15.2 Å². The Bertz CT molecular complexity index is 1140. The van der Waals surface area contributed by atoms with Crippen LogP contribution in [0.1, 0.15) is 12.0 Å². The van der Waals surface area contributed by atoms with Crippen LogP contribution in [-0.2, 0) is 11.2 Å². The van der Waals surface area contributed by atoms with Crippen LogP contribution in [0.3, 0.4) is 0 Å². The number of benzene rings is 3. The van der Waals surface area contributed by atoms with E-state index in [1.807, 2.05) is 36.4 Å². The lowest BCUT2D eigenvalue weighted by Crippen LogP contribution is -2.35. The largest absolute Gasteiger partial charge is 0.491 e. The highest BCUT2D eigenvalue weighted by Gasteiger charge is 2.26. The number of fused-ring (bicyclic) bond motifs is 1. The van der Waals surface area contributed by atoms with Crippen molar-refractivity contribution >= 4 is 39.9 Å². The van der Waals surface area contributed by atoms with E-state index >= 15 is 0 Å². The molecule has 1 aliphatic heterocycles. The topological polar surface area (TPSA) is 85.0 Å². The Hall–Kier alpha value is -2.51. The van der Waals surface area contributed by atoms with E-state index in [1.165, 1.54) is 0 Å². The van der Waals surface area contributed by atoms with Crippen molar-refractivity contribution in [3.8, 4) is 11.5 Å². The Balaban J connectivity index is 1.32. The molecule has 3 N–H and O–H groups in total. The van der Waals surface area contributed by atoms with Crippen molar-refractivity contribution in [2.75, 3.05) is 26.2 Å². The number of halogens is 2. The Labute approximate surface area is 202 Å². The first-order chi connectivity index (χ1) is 15.9. The second-order valence-electron chi connectivity index (χ2n) is 8.28. The number of primary amides is 1. The van der Waals surface area contributed by atoms with Gasteiger partial charge in [-0.3, -0.25) is 9.69 Å². The van der Waals surface area contributed by atoms with Gasteiger partial charge in [-0.1, -0.05) is 47.5 Å². The number of aliphatic hydroxyl groups excluding tert-OH is 1. The molecule has 1 amide bonds. The van der Waals surface area contributed by atoms with Crippen molar-refractivity contribution in [2.24, 2.45) is 5.73 Å². The Morgan fingerprint density at radius 1 is 1.12 bits per heavy atom. The minimum absolute atomic E-state index is 0.0121. The van der Waals surface area contributed by atoms with Crippen LogP contribution in [0.25, 0.3) is 10.8 Å². The number of ether oxygens (including phenoxy) is 2. The van der Waals surface area contributed by atoms with Crippen LogP contribution in [0.5, 0.6) is 11.5 Å². The van der Waals surface area contributed by atoms with Gasteiger partial charge < -0.3 is 20.3 Å². The lowest BCUT2D eigenvalue weighted by molar-refractivity contribution is -0.117. The van der Waals surface area contributed by atoms with Crippen LogP contribution in [0, 0.1) is 0 Å². The Morgan fingerprint density at radius 2 is 1.88 bits per heavy atom. The van der Waals surface area contributed by atoms with Gasteiger partial charge in [-0.05, 0) is 41.5 Å². The number of nitrogens with two attached hydrogens (primary N) is 1. The molecule has 3 aromatic carbocycles. The maximum absolute atomic E-state index is 11.5. The highest BCUT2D eigenvalue weighted by molar-refractivity contribution is 6.42. The zero-order chi connectivity index (χ0) is 23.4. The van der Waals surface area contributed by atoms with E-state index in [-0.39, 0.29) is 19.1 Å². The number of rotatable bonds is 9. The van der Waals surface area contributed by atoms with E-state index in [1.54, 1.807) is 18.2 Å². The number of likely N-dealkylation sites (tertiary alicyclic amines) is 1. The maximum atomic E-state index is 11.5. The molecule has 6 nitrogen and oxygen atoms in total. The van der Waals surface area contributed by atoms with Gasteiger partial charge in [0.1, 0.15) is 30.3 Å². The van der Waals surface area contributed by atoms with Crippen molar-refractivity contribution in [1.82, 2.24) is 4.90 Å². The number of amides is 1. The van der Waals surface area contributed by atoms with E-state index in [0.717, 1.165) is 23.7 Å². The molecule has 33 heavy (non-hydrogen) atoms. The van der Waals surface area contributed by atoms with Crippen molar-refractivity contribution in [2.45, 2.75) is 25.0 Å². The molecule has 0 aliphatic carbocycles. The van der Waals surface area contributed by atoms with Gasteiger partial charge in [0.25, 0.3) is 0 Å². The Morgan fingerprint density at radius 3 is 2.61 bits per heavy atom. The number of carbonyl (C=O) groups is 1. The van der Waals surface area contributed by atoms with Crippen LogP contribution in [0.15, 0.2) is 54.6 Å². The van der Waals surface area contributed by atoms with E-state index < -0.39 is 12.0 Å². The summed E-state index contributed by atoms with van der Waals surface area (Å²) in [7, 11) is 0. The van der Waals surface area contributed by atoms with Gasteiger partial charge in [-0.2, -0.15) is 0 Å². The molecular formula is C25H26Cl2N2O4. The summed E-state index contributed by atoms with van der Waals surface area (Å²) >= 11 is 12.0. The summed E-state index contributed by atoms with van der Waals surface area (Å²) in [6.45, 7) is 2.07. The molecule has 0 aromatic heterocycles. The van der Waals surface area contributed by atoms with Gasteiger partial charge in [0.05, 0.1) is 16.5 Å². The molecule has 2 unspecified atom stereocenters. The van der Waals surface area contributed by atoms with Crippen molar-refractivity contribution < 1.29 is 19.4 Å². The van der Waals surface area contributed by atoms with E-state index in [4.69, 9.17) is 38.4 Å². The third kappa shape index (κ3) is 6.30. The zero-order valence-electron chi connectivity index (χ0n) is 18.0. The van der Waals surface area contributed by atoms with Gasteiger partial charge in [0, 0.05) is 31.3 Å². The van der Waals surface area contributed by atoms with Gasteiger partial charge in [0.15, 0.2) is 0 Å². The lowest BCUT2D eigenvalue weighted by atomic mass is 10.0. The molecule has 1 aliphatic rings. The first kappa shape index (κ1) is 23.6. The van der Waals surface area contributed by atoms with Gasteiger partial charge in [-0.25, -0.2) is 0 Å². The number of nitrogens with zero attached hydrogens (tertiary/aromatic N) is 1. The van der Waals surface area contributed by atoms with Crippen LogP contribution in [0.4, 0.5) is 0 Å². The average molecular weight is 489 g/mol. The summed E-state index contributed by atoms with van der Waals surface area (Å²) < 4.78 is 11.9. The monoisotopic (exact) mass is 488 g/mol. The molecule has 4 rings (SSSR count). The summed E-state index contributed by atoms with van der Waals surface area (Å²) in [5, 5.41) is 13.5. The van der Waals surface area contributed by atoms with Gasteiger partial charge in [0.2, 0.25) is 5.91 Å². The smallest absolute Gasteiger partial charge is 0.221 e. The molecule has 1 heterocycles. The molecule has 174 valence electrons. The molecule has 0 saturated carbocycles. The number of carbonyl (C=O) groups excluding carboxylic acids is 1. The van der Waals surface area contributed by atoms with Crippen LogP contribution >= 0.6 is 23.2 Å². The molecule has 0 bridgehead atoms. The van der Waals surface area contributed by atoms with Crippen molar-refractivity contribution in [3.05, 3.63) is 70.2 Å². The summed E-state index contributed by atoms with van der Waals surface area (Å²) in [4.78, 5) is 13.6. The van der Waals surface area contributed by atoms with Gasteiger partial charge in [-0.15, -0.1) is 0 Å². The molecule has 2 atom stereocenters. The minimum Gasteiger partial charge on any atom is -0.491 e. The summed E-state index contributed by atoms with van der Waals surface area (Å²) in [5.74, 6) is 0.813. The third-order valence-corrected chi connectivity index (χ3v) is 6.36. The standard InChI is InChI=1S/C25H26Cl2N2O4/c26-22-6-5-20(12-23(22)27)33-21-7-8-29(14-21)13-19(30)15-32-24-10-17-4-2-1-3-16(17)9-18(24)11-25(28)31/h1-6,9-10,12,19,21,30H,7-8,11,13-15H2,(H2,28,31). The highest BCUT2D eigenvalue weighted by Crippen LogP contribution is 2.29. The van der Waals surface area contributed by atoms with Crippen molar-refractivity contribution in [3.63, 3.8) is 0 Å². The molecule has 0 radical (unpaired) electrons. The SMILES string of the molecule is NC(=O)Cc1cc2ccccc2cc1OCC(O)CN1CCC(Oc2ccc(Cl)c(Cl)c2)C1. The number of hydrogen-bond donors (Lipinski definition) is 2. The molecule has 1 fully saturated rings. The second kappa shape index (κ2) is 10.6. The molecule has 8 heteroatoms. The normalized spacial score (nSPS) is 17.2. The van der Waals surface area contributed by atoms with E-state index in [9.17, 15) is 9.90 Å². The lowest BCUT2D eigenvalue weighted by Gasteiger charge is -2.21. The predicted molar refractivity (Wildman–Crippen MR) is 130 cm³/mol. The number of β-amino-alcohol motifs (C(OH)–C–C–N with tert-alkyl or cyclic N) is 1. The van der Waals surface area contributed by atoms with Crippen molar-refractivity contribution in [1.29, 1.82) is 0 Å². The fourth-order valence-electron chi connectivity index (χ4n) is 4.07. The van der Waals surface area contributed by atoms with Crippen LogP contribution in [0.2, 0.25) is 10.0 Å². The average Bonchev–Trinajstić information content (AvgIpc) is 3.21.